The van der Waals surface area contributed by atoms with E-state index in [4.69, 9.17) is 5.26 Å². The molecule has 0 spiro atoms. The van der Waals surface area contributed by atoms with Gasteiger partial charge >= 0.3 is 6.18 Å². The summed E-state index contributed by atoms with van der Waals surface area (Å²) in [5.41, 5.74) is -0.893. The fraction of sp³-hybridized carbons (Fsp3) is 0.619. The van der Waals surface area contributed by atoms with Crippen LogP contribution in [0.25, 0.3) is 0 Å². The molecule has 0 saturated carbocycles. The van der Waals surface area contributed by atoms with Crippen molar-refractivity contribution in [1.29, 1.82) is 5.26 Å². The number of carbonyl (C=O) groups is 1. The predicted molar refractivity (Wildman–Crippen MR) is 108 cm³/mol. The summed E-state index contributed by atoms with van der Waals surface area (Å²) in [7, 11) is 0. The predicted octanol–water partition coefficient (Wildman–Crippen LogP) is 2.30. The van der Waals surface area contributed by atoms with Crippen molar-refractivity contribution in [2.75, 3.05) is 50.7 Å². The maximum Gasteiger partial charge on any atom is 0.417 e. The SMILES string of the molecule is CC(C)(C)N1CCN[C@@H](C(=O)N2CCN(c3ccc(C#N)c(C(F)(F)F)c3)CC2)C1. The first kappa shape index (κ1) is 22.4. The van der Waals surface area contributed by atoms with Crippen molar-refractivity contribution in [2.45, 2.75) is 38.5 Å². The minimum Gasteiger partial charge on any atom is -0.368 e. The molecule has 164 valence electrons. The first-order valence-electron chi connectivity index (χ1n) is 10.1. The number of nitriles is 1. The molecule has 2 heterocycles. The second-order valence-corrected chi connectivity index (χ2v) is 8.78. The molecule has 9 heteroatoms. The van der Waals surface area contributed by atoms with Crippen LogP contribution in [0.2, 0.25) is 0 Å². The summed E-state index contributed by atoms with van der Waals surface area (Å²) >= 11 is 0. The van der Waals surface area contributed by atoms with Crippen molar-refractivity contribution < 1.29 is 18.0 Å². The highest BCUT2D eigenvalue weighted by molar-refractivity contribution is 5.82. The topological polar surface area (TPSA) is 62.6 Å². The quantitative estimate of drug-likeness (QED) is 0.791. The Morgan fingerprint density at radius 2 is 1.80 bits per heavy atom. The van der Waals surface area contributed by atoms with Crippen molar-refractivity contribution >= 4 is 11.6 Å². The number of alkyl halides is 3. The Morgan fingerprint density at radius 3 is 2.37 bits per heavy atom. The summed E-state index contributed by atoms with van der Waals surface area (Å²) in [6.07, 6.45) is -4.58. The van der Waals surface area contributed by atoms with Gasteiger partial charge in [0.1, 0.15) is 0 Å². The first-order valence-corrected chi connectivity index (χ1v) is 10.1. The minimum absolute atomic E-state index is 0.00882. The Hall–Kier alpha value is -2.31. The van der Waals surface area contributed by atoms with Crippen molar-refractivity contribution in [1.82, 2.24) is 15.1 Å². The van der Waals surface area contributed by atoms with Gasteiger partial charge in [0.2, 0.25) is 5.91 Å². The van der Waals surface area contributed by atoms with Crippen LogP contribution in [0.1, 0.15) is 31.9 Å². The average molecular weight is 423 g/mol. The number of rotatable bonds is 2. The molecule has 1 N–H and O–H groups in total. The highest BCUT2D eigenvalue weighted by Crippen LogP contribution is 2.34. The standard InChI is InChI=1S/C21H28F3N5O/c1-20(2,3)29-7-6-26-18(14-29)19(30)28-10-8-27(9-11-28)16-5-4-15(13-25)17(12-16)21(22,23)24/h4-5,12,18,26H,6-11,14H2,1-3H3/t18-/m1/s1. The molecule has 2 fully saturated rings. The second-order valence-electron chi connectivity index (χ2n) is 8.78. The molecule has 0 radical (unpaired) electrons. The van der Waals surface area contributed by atoms with Gasteiger partial charge in [-0.1, -0.05) is 0 Å². The second kappa shape index (κ2) is 8.44. The smallest absolute Gasteiger partial charge is 0.368 e. The third-order valence-corrected chi connectivity index (χ3v) is 5.81. The van der Waals surface area contributed by atoms with Crippen LogP contribution in [-0.4, -0.2) is 73.1 Å². The van der Waals surface area contributed by atoms with E-state index in [0.29, 0.717) is 38.4 Å². The average Bonchev–Trinajstić information content (AvgIpc) is 2.71. The third kappa shape index (κ3) is 4.87. The van der Waals surface area contributed by atoms with E-state index in [-0.39, 0.29) is 23.1 Å². The molecule has 2 aliphatic heterocycles. The van der Waals surface area contributed by atoms with E-state index in [1.165, 1.54) is 12.1 Å². The molecule has 0 bridgehead atoms. The van der Waals surface area contributed by atoms with Crippen molar-refractivity contribution in [2.24, 2.45) is 0 Å². The molecule has 2 aliphatic rings. The van der Waals surface area contributed by atoms with E-state index >= 15 is 0 Å². The van der Waals surface area contributed by atoms with Gasteiger partial charge in [-0.25, -0.2) is 0 Å². The molecule has 1 aromatic carbocycles. The maximum absolute atomic E-state index is 13.2. The fourth-order valence-electron chi connectivity index (χ4n) is 3.99. The highest BCUT2D eigenvalue weighted by atomic mass is 19.4. The fourth-order valence-corrected chi connectivity index (χ4v) is 3.99. The number of anilines is 1. The number of halogens is 3. The van der Waals surface area contributed by atoms with Crippen molar-refractivity contribution in [3.8, 4) is 6.07 Å². The number of benzene rings is 1. The van der Waals surface area contributed by atoms with Crippen molar-refractivity contribution in [3.63, 3.8) is 0 Å². The lowest BCUT2D eigenvalue weighted by molar-refractivity contribution is -0.137. The molecule has 6 nitrogen and oxygen atoms in total. The molecular formula is C21H28F3N5O. The normalized spacial score (nSPS) is 21.4. The molecule has 2 saturated heterocycles. The number of piperazine rings is 2. The molecule has 30 heavy (non-hydrogen) atoms. The van der Waals surface area contributed by atoms with Crippen LogP contribution < -0.4 is 10.2 Å². The zero-order valence-electron chi connectivity index (χ0n) is 17.6. The van der Waals surface area contributed by atoms with E-state index in [1.54, 1.807) is 11.0 Å². The molecule has 0 aliphatic carbocycles. The Balaban J connectivity index is 1.64. The number of nitrogens with one attached hydrogen (secondary N) is 1. The molecule has 1 amide bonds. The molecule has 1 aromatic rings. The number of hydrogen-bond donors (Lipinski definition) is 1. The van der Waals surface area contributed by atoms with Gasteiger partial charge in [-0.05, 0) is 39.0 Å². The lowest BCUT2D eigenvalue weighted by atomic mass is 10.0. The first-order chi connectivity index (χ1) is 14.0. The number of amides is 1. The lowest BCUT2D eigenvalue weighted by Gasteiger charge is -2.43. The van der Waals surface area contributed by atoms with Crippen LogP contribution in [0.5, 0.6) is 0 Å². The Kier molecular flexibility index (Phi) is 6.29. The largest absolute Gasteiger partial charge is 0.417 e. The number of hydrogen-bond acceptors (Lipinski definition) is 5. The van der Waals surface area contributed by atoms with Gasteiger partial charge in [0.05, 0.1) is 23.2 Å². The molecular weight excluding hydrogens is 395 g/mol. The van der Waals surface area contributed by atoms with Gasteiger partial charge in [0.15, 0.2) is 0 Å². The van der Waals surface area contributed by atoms with Gasteiger partial charge < -0.3 is 15.1 Å². The van der Waals surface area contributed by atoms with Crippen LogP contribution in [0.15, 0.2) is 18.2 Å². The Morgan fingerprint density at radius 1 is 1.13 bits per heavy atom. The zero-order valence-corrected chi connectivity index (χ0v) is 17.6. The number of carbonyl (C=O) groups excluding carboxylic acids is 1. The van der Waals surface area contributed by atoms with E-state index in [9.17, 15) is 18.0 Å². The summed E-state index contributed by atoms with van der Waals surface area (Å²) in [4.78, 5) is 18.9. The van der Waals surface area contributed by atoms with Gasteiger partial charge in [-0.15, -0.1) is 0 Å². The van der Waals surface area contributed by atoms with Gasteiger partial charge in [-0.3, -0.25) is 9.69 Å². The molecule has 3 rings (SSSR count). The van der Waals surface area contributed by atoms with E-state index in [0.717, 1.165) is 19.2 Å². The van der Waals surface area contributed by atoms with E-state index < -0.39 is 11.7 Å². The van der Waals surface area contributed by atoms with Crippen LogP contribution in [0.3, 0.4) is 0 Å². The monoisotopic (exact) mass is 423 g/mol. The number of nitrogens with zero attached hydrogens (tertiary/aromatic N) is 4. The summed E-state index contributed by atoms with van der Waals surface area (Å²) in [5.74, 6) is 0.0411. The van der Waals surface area contributed by atoms with Gasteiger partial charge in [0, 0.05) is 57.0 Å². The maximum atomic E-state index is 13.2. The van der Waals surface area contributed by atoms with Crippen molar-refractivity contribution in [3.05, 3.63) is 29.3 Å². The van der Waals surface area contributed by atoms with E-state index in [1.807, 2.05) is 4.90 Å². The van der Waals surface area contributed by atoms with Crippen LogP contribution in [0.4, 0.5) is 18.9 Å². The zero-order chi connectivity index (χ0) is 22.1. The summed E-state index contributed by atoms with van der Waals surface area (Å²) in [6, 6.07) is 5.11. The lowest BCUT2D eigenvalue weighted by Crippen LogP contribution is -2.63. The Labute approximate surface area is 175 Å². The highest BCUT2D eigenvalue weighted by Gasteiger charge is 2.36. The van der Waals surface area contributed by atoms with E-state index in [2.05, 4.69) is 31.0 Å². The van der Waals surface area contributed by atoms with Gasteiger partial charge in [-0.2, -0.15) is 18.4 Å². The van der Waals surface area contributed by atoms with Gasteiger partial charge in [0.25, 0.3) is 0 Å². The van der Waals surface area contributed by atoms with Crippen LogP contribution in [0, 0.1) is 11.3 Å². The molecule has 0 unspecified atom stereocenters. The molecule has 1 atom stereocenters. The summed E-state index contributed by atoms with van der Waals surface area (Å²) in [5, 5.41) is 12.3. The van der Waals surface area contributed by atoms with Crippen LogP contribution in [-0.2, 0) is 11.0 Å². The molecule has 0 aromatic heterocycles. The van der Waals surface area contributed by atoms with Crippen LogP contribution >= 0.6 is 0 Å². The Bertz CT molecular complexity index is 819. The third-order valence-electron chi connectivity index (χ3n) is 5.81. The summed E-state index contributed by atoms with van der Waals surface area (Å²) < 4.78 is 39.7. The summed E-state index contributed by atoms with van der Waals surface area (Å²) in [6.45, 7) is 10.5. The minimum atomic E-state index is -4.58.